The van der Waals surface area contributed by atoms with Crippen molar-refractivity contribution in [3.05, 3.63) is 23.8 Å². The van der Waals surface area contributed by atoms with E-state index < -0.39 is 0 Å². The molecule has 2 heterocycles. The van der Waals surface area contributed by atoms with E-state index >= 15 is 0 Å². The fourth-order valence-electron chi connectivity index (χ4n) is 1.56. The third kappa shape index (κ3) is 1.35. The van der Waals surface area contributed by atoms with Gasteiger partial charge in [0.2, 0.25) is 5.95 Å². The maximum Gasteiger partial charge on any atom is 0.239 e. The SMILES string of the molecule is Cc1cccc2sc(-c3nc(N)n[nH]3)nc12. The number of rotatable bonds is 1. The van der Waals surface area contributed by atoms with Gasteiger partial charge in [-0.25, -0.2) is 4.98 Å². The number of hydrogen-bond donors (Lipinski definition) is 2. The largest absolute Gasteiger partial charge is 0.366 e. The Morgan fingerprint density at radius 3 is 2.88 bits per heavy atom. The van der Waals surface area contributed by atoms with Crippen LogP contribution in [0.3, 0.4) is 0 Å². The van der Waals surface area contributed by atoms with E-state index in [1.807, 2.05) is 25.1 Å². The van der Waals surface area contributed by atoms with E-state index in [-0.39, 0.29) is 5.95 Å². The van der Waals surface area contributed by atoms with Gasteiger partial charge in [0, 0.05) is 0 Å². The van der Waals surface area contributed by atoms with Crippen molar-refractivity contribution in [3.63, 3.8) is 0 Å². The van der Waals surface area contributed by atoms with Crippen LogP contribution in [0, 0.1) is 6.92 Å². The number of hydrogen-bond acceptors (Lipinski definition) is 5. The van der Waals surface area contributed by atoms with Gasteiger partial charge < -0.3 is 5.73 Å². The first kappa shape index (κ1) is 9.29. The molecule has 0 saturated heterocycles. The third-order valence-corrected chi connectivity index (χ3v) is 3.35. The topological polar surface area (TPSA) is 80.5 Å². The molecule has 0 aliphatic rings. The molecule has 16 heavy (non-hydrogen) atoms. The van der Waals surface area contributed by atoms with E-state index in [2.05, 4.69) is 20.2 Å². The van der Waals surface area contributed by atoms with Gasteiger partial charge in [0.15, 0.2) is 10.8 Å². The zero-order valence-electron chi connectivity index (χ0n) is 8.56. The van der Waals surface area contributed by atoms with Crippen molar-refractivity contribution >= 4 is 27.5 Å². The Bertz CT molecular complexity index is 654. The lowest BCUT2D eigenvalue weighted by atomic mass is 10.2. The van der Waals surface area contributed by atoms with Gasteiger partial charge in [-0.15, -0.1) is 16.4 Å². The number of aryl methyl sites for hydroxylation is 1. The lowest BCUT2D eigenvalue weighted by Crippen LogP contribution is -1.85. The van der Waals surface area contributed by atoms with Gasteiger partial charge in [0.05, 0.1) is 10.2 Å². The molecule has 3 aromatic rings. The molecular formula is C10H9N5S. The molecule has 0 spiro atoms. The van der Waals surface area contributed by atoms with Gasteiger partial charge in [-0.2, -0.15) is 4.98 Å². The summed E-state index contributed by atoms with van der Waals surface area (Å²) < 4.78 is 1.14. The third-order valence-electron chi connectivity index (χ3n) is 2.33. The van der Waals surface area contributed by atoms with Gasteiger partial charge in [-0.1, -0.05) is 12.1 Å². The monoisotopic (exact) mass is 231 g/mol. The molecule has 0 fully saturated rings. The molecule has 6 heteroatoms. The van der Waals surface area contributed by atoms with Gasteiger partial charge in [0.25, 0.3) is 0 Å². The fraction of sp³-hybridized carbons (Fsp3) is 0.100. The van der Waals surface area contributed by atoms with Crippen LogP contribution in [-0.2, 0) is 0 Å². The number of nitrogens with zero attached hydrogens (tertiary/aromatic N) is 3. The van der Waals surface area contributed by atoms with E-state index in [0.717, 1.165) is 20.8 Å². The molecule has 3 rings (SSSR count). The Labute approximate surface area is 95.4 Å². The summed E-state index contributed by atoms with van der Waals surface area (Å²) in [6.45, 7) is 2.04. The summed E-state index contributed by atoms with van der Waals surface area (Å²) in [5.74, 6) is 0.865. The number of aromatic amines is 1. The number of aromatic nitrogens is 4. The number of nitrogens with two attached hydrogens (primary N) is 1. The van der Waals surface area contributed by atoms with Crippen molar-refractivity contribution < 1.29 is 0 Å². The van der Waals surface area contributed by atoms with E-state index in [9.17, 15) is 0 Å². The Morgan fingerprint density at radius 2 is 2.19 bits per heavy atom. The molecule has 0 aliphatic carbocycles. The molecule has 2 aromatic heterocycles. The Kier molecular flexibility index (Phi) is 1.90. The first-order valence-corrected chi connectivity index (χ1v) is 5.60. The molecule has 0 unspecified atom stereocenters. The number of benzene rings is 1. The van der Waals surface area contributed by atoms with Crippen molar-refractivity contribution in [2.75, 3.05) is 5.73 Å². The summed E-state index contributed by atoms with van der Waals surface area (Å²) in [5, 5.41) is 7.37. The van der Waals surface area contributed by atoms with Crippen molar-refractivity contribution in [2.45, 2.75) is 6.92 Å². The van der Waals surface area contributed by atoms with Crippen LogP contribution in [0.1, 0.15) is 5.56 Å². The minimum Gasteiger partial charge on any atom is -0.366 e. The highest BCUT2D eigenvalue weighted by Crippen LogP contribution is 2.29. The highest BCUT2D eigenvalue weighted by atomic mass is 32.1. The predicted octanol–water partition coefficient (Wildman–Crippen LogP) is 1.97. The quantitative estimate of drug-likeness (QED) is 0.671. The fourth-order valence-corrected chi connectivity index (χ4v) is 2.54. The van der Waals surface area contributed by atoms with Crippen molar-refractivity contribution in [3.8, 4) is 10.8 Å². The van der Waals surface area contributed by atoms with Crippen molar-refractivity contribution in [1.82, 2.24) is 20.2 Å². The molecule has 3 N–H and O–H groups in total. The average Bonchev–Trinajstić information content (AvgIpc) is 2.84. The normalized spacial score (nSPS) is 11.1. The second-order valence-corrected chi connectivity index (χ2v) is 4.51. The van der Waals surface area contributed by atoms with Gasteiger partial charge in [-0.05, 0) is 18.6 Å². The minimum absolute atomic E-state index is 0.242. The number of fused-ring (bicyclic) bond motifs is 1. The predicted molar refractivity (Wildman–Crippen MR) is 64.1 cm³/mol. The van der Waals surface area contributed by atoms with Crippen LogP contribution in [0.25, 0.3) is 21.0 Å². The number of thiazole rings is 1. The number of nitrogens with one attached hydrogen (secondary N) is 1. The second kappa shape index (κ2) is 3.28. The molecule has 0 radical (unpaired) electrons. The van der Waals surface area contributed by atoms with Crippen LogP contribution in [0.2, 0.25) is 0 Å². The van der Waals surface area contributed by atoms with Crippen molar-refractivity contribution in [1.29, 1.82) is 0 Å². The Morgan fingerprint density at radius 1 is 1.31 bits per heavy atom. The smallest absolute Gasteiger partial charge is 0.239 e. The summed E-state index contributed by atoms with van der Waals surface area (Å²) in [5.41, 5.74) is 7.63. The maximum atomic E-state index is 5.46. The molecule has 1 aromatic carbocycles. The summed E-state index contributed by atoms with van der Waals surface area (Å²) in [6.07, 6.45) is 0. The number of anilines is 1. The zero-order valence-corrected chi connectivity index (χ0v) is 9.38. The lowest BCUT2D eigenvalue weighted by Gasteiger charge is -1.90. The summed E-state index contributed by atoms with van der Waals surface area (Å²) in [7, 11) is 0. The molecule has 0 aliphatic heterocycles. The van der Waals surface area contributed by atoms with Crippen LogP contribution in [0.5, 0.6) is 0 Å². The van der Waals surface area contributed by atoms with E-state index in [1.165, 1.54) is 0 Å². The van der Waals surface area contributed by atoms with Crippen LogP contribution in [-0.4, -0.2) is 20.2 Å². The molecule has 0 saturated carbocycles. The van der Waals surface area contributed by atoms with Crippen LogP contribution in [0.4, 0.5) is 5.95 Å². The van der Waals surface area contributed by atoms with Crippen LogP contribution in [0.15, 0.2) is 18.2 Å². The van der Waals surface area contributed by atoms with Gasteiger partial charge >= 0.3 is 0 Å². The summed E-state index contributed by atoms with van der Waals surface area (Å²) >= 11 is 1.58. The molecule has 0 atom stereocenters. The van der Waals surface area contributed by atoms with Crippen molar-refractivity contribution in [2.24, 2.45) is 0 Å². The maximum absolute atomic E-state index is 5.46. The molecule has 0 bridgehead atoms. The highest BCUT2D eigenvalue weighted by molar-refractivity contribution is 7.21. The Balaban J connectivity index is 2.22. The van der Waals surface area contributed by atoms with Gasteiger partial charge in [-0.3, -0.25) is 5.10 Å². The molecule has 5 nitrogen and oxygen atoms in total. The zero-order chi connectivity index (χ0) is 11.1. The van der Waals surface area contributed by atoms with Crippen LogP contribution < -0.4 is 5.73 Å². The number of H-pyrrole nitrogens is 1. The first-order chi connectivity index (χ1) is 7.74. The first-order valence-electron chi connectivity index (χ1n) is 4.78. The van der Waals surface area contributed by atoms with E-state index in [1.54, 1.807) is 11.3 Å². The standard InChI is InChI=1S/C10H9N5S/c1-5-3-2-4-6-7(5)12-9(16-6)8-13-10(11)15-14-8/h2-4H,1H3,(H3,11,13,14,15). The lowest BCUT2D eigenvalue weighted by molar-refractivity contribution is 1.10. The van der Waals surface area contributed by atoms with Crippen LogP contribution >= 0.6 is 11.3 Å². The summed E-state index contributed by atoms with van der Waals surface area (Å²) in [4.78, 5) is 8.59. The van der Waals surface area contributed by atoms with E-state index in [0.29, 0.717) is 5.82 Å². The van der Waals surface area contributed by atoms with E-state index in [4.69, 9.17) is 5.73 Å². The second-order valence-electron chi connectivity index (χ2n) is 3.48. The molecule has 80 valence electrons. The highest BCUT2D eigenvalue weighted by Gasteiger charge is 2.10. The minimum atomic E-state index is 0.242. The molecular weight excluding hydrogens is 222 g/mol. The number of nitrogen functional groups attached to an aromatic ring is 1. The number of para-hydroxylation sites is 1. The Hall–Kier alpha value is -1.95. The molecule has 0 amide bonds. The van der Waals surface area contributed by atoms with Gasteiger partial charge in [0.1, 0.15) is 0 Å². The summed E-state index contributed by atoms with van der Waals surface area (Å²) in [6, 6.07) is 6.11. The average molecular weight is 231 g/mol.